The largest absolute Gasteiger partial charge is 0.350 e. The third-order valence-electron chi connectivity index (χ3n) is 7.58. The molecule has 0 atom stereocenters. The first kappa shape index (κ1) is 24.5. The summed E-state index contributed by atoms with van der Waals surface area (Å²) < 4.78 is 0. The molecule has 1 aliphatic heterocycles. The zero-order valence-corrected chi connectivity index (χ0v) is 20.9. The maximum atomic E-state index is 13.1. The maximum absolute atomic E-state index is 13.1. The standard InChI is InChI=1S/C30H39N3O/c1-23(2)18-24-6-8-25(9-7-24)20-29(34)32-30(13-4-3-5-14-30)15-17-33-16-12-27-19-26(21-31)10-11-28(27)22-33/h6-11,19,23H,3-5,12-18,20,22H2,1-2H3,(H,32,34). The van der Waals surface area contributed by atoms with E-state index in [4.69, 9.17) is 5.26 Å². The van der Waals surface area contributed by atoms with Gasteiger partial charge in [0, 0.05) is 25.2 Å². The van der Waals surface area contributed by atoms with Crippen LogP contribution in [0.2, 0.25) is 0 Å². The van der Waals surface area contributed by atoms with Gasteiger partial charge in [0.2, 0.25) is 5.91 Å². The molecule has 1 N–H and O–H groups in total. The lowest BCUT2D eigenvalue weighted by Gasteiger charge is -2.40. The van der Waals surface area contributed by atoms with Gasteiger partial charge in [-0.25, -0.2) is 0 Å². The first-order valence-corrected chi connectivity index (χ1v) is 13.1. The van der Waals surface area contributed by atoms with Crippen LogP contribution in [-0.2, 0) is 30.6 Å². The fraction of sp³-hybridized carbons (Fsp3) is 0.533. The van der Waals surface area contributed by atoms with E-state index in [1.807, 2.05) is 12.1 Å². The molecule has 1 amide bonds. The van der Waals surface area contributed by atoms with Crippen molar-refractivity contribution < 1.29 is 4.79 Å². The summed E-state index contributed by atoms with van der Waals surface area (Å²) in [5, 5.41) is 12.7. The molecule has 2 aliphatic rings. The molecule has 4 heteroatoms. The van der Waals surface area contributed by atoms with Crippen molar-refractivity contribution >= 4 is 5.91 Å². The van der Waals surface area contributed by atoms with Crippen LogP contribution >= 0.6 is 0 Å². The molecule has 2 aromatic carbocycles. The molecule has 0 radical (unpaired) electrons. The Kier molecular flexibility index (Phi) is 8.06. The van der Waals surface area contributed by atoms with Gasteiger partial charge in [-0.3, -0.25) is 9.69 Å². The molecule has 1 heterocycles. The zero-order valence-electron chi connectivity index (χ0n) is 20.9. The maximum Gasteiger partial charge on any atom is 0.224 e. The van der Waals surface area contributed by atoms with E-state index in [0.717, 1.165) is 62.9 Å². The number of fused-ring (bicyclic) bond motifs is 1. The van der Waals surface area contributed by atoms with Crippen molar-refractivity contribution in [3.8, 4) is 6.07 Å². The summed E-state index contributed by atoms with van der Waals surface area (Å²) in [7, 11) is 0. The van der Waals surface area contributed by atoms with Crippen LogP contribution in [-0.4, -0.2) is 29.4 Å². The predicted octanol–water partition coefficient (Wildman–Crippen LogP) is 5.57. The fourth-order valence-electron chi connectivity index (χ4n) is 5.70. The Hall–Kier alpha value is -2.64. The Balaban J connectivity index is 1.34. The number of benzene rings is 2. The van der Waals surface area contributed by atoms with Crippen LogP contribution < -0.4 is 5.32 Å². The van der Waals surface area contributed by atoms with Gasteiger partial charge in [0.15, 0.2) is 0 Å². The number of nitriles is 1. The van der Waals surface area contributed by atoms with Gasteiger partial charge in [-0.05, 0) is 72.4 Å². The molecule has 2 aromatic rings. The molecule has 0 unspecified atom stereocenters. The van der Waals surface area contributed by atoms with Crippen LogP contribution in [0.3, 0.4) is 0 Å². The number of nitrogens with one attached hydrogen (secondary N) is 1. The van der Waals surface area contributed by atoms with Crippen molar-refractivity contribution in [3.05, 3.63) is 70.3 Å². The molecule has 0 aromatic heterocycles. The lowest BCUT2D eigenvalue weighted by atomic mass is 9.78. The van der Waals surface area contributed by atoms with Gasteiger partial charge in [-0.15, -0.1) is 0 Å². The van der Waals surface area contributed by atoms with Crippen molar-refractivity contribution in [1.82, 2.24) is 10.2 Å². The van der Waals surface area contributed by atoms with Crippen LogP contribution in [0.5, 0.6) is 0 Å². The highest BCUT2D eigenvalue weighted by Gasteiger charge is 2.34. The highest BCUT2D eigenvalue weighted by atomic mass is 16.1. The Labute approximate surface area is 205 Å². The van der Waals surface area contributed by atoms with E-state index < -0.39 is 0 Å². The van der Waals surface area contributed by atoms with Crippen LogP contribution in [0.15, 0.2) is 42.5 Å². The molecule has 0 spiro atoms. The Morgan fingerprint density at radius 2 is 1.79 bits per heavy atom. The molecule has 1 aliphatic carbocycles. The van der Waals surface area contributed by atoms with Gasteiger partial charge >= 0.3 is 0 Å². The number of rotatable bonds is 8. The van der Waals surface area contributed by atoms with Crippen molar-refractivity contribution in [3.63, 3.8) is 0 Å². The molecule has 0 bridgehead atoms. The van der Waals surface area contributed by atoms with E-state index >= 15 is 0 Å². The SMILES string of the molecule is CC(C)Cc1ccc(CC(=O)NC2(CCN3CCc4cc(C#N)ccc4C3)CCCCC2)cc1. The molecule has 180 valence electrons. The molecule has 1 fully saturated rings. The minimum absolute atomic E-state index is 0.0716. The van der Waals surface area contributed by atoms with Gasteiger partial charge in [0.25, 0.3) is 0 Å². The quantitative estimate of drug-likeness (QED) is 0.564. The first-order chi connectivity index (χ1) is 16.4. The zero-order chi connectivity index (χ0) is 24.0. The third kappa shape index (κ3) is 6.48. The summed E-state index contributed by atoms with van der Waals surface area (Å²) in [5.74, 6) is 0.801. The Morgan fingerprint density at radius 3 is 2.50 bits per heavy atom. The number of hydrogen-bond donors (Lipinski definition) is 1. The van der Waals surface area contributed by atoms with E-state index in [1.54, 1.807) is 0 Å². The van der Waals surface area contributed by atoms with E-state index in [9.17, 15) is 4.79 Å². The number of nitrogens with zero attached hydrogens (tertiary/aromatic N) is 2. The molecule has 4 nitrogen and oxygen atoms in total. The van der Waals surface area contributed by atoms with Gasteiger partial charge in [0.05, 0.1) is 18.1 Å². The normalized spacial score (nSPS) is 17.7. The summed E-state index contributed by atoms with van der Waals surface area (Å²) in [6.07, 6.45) is 9.39. The molecule has 1 saturated carbocycles. The second-order valence-electron chi connectivity index (χ2n) is 10.9. The Morgan fingerprint density at radius 1 is 1.06 bits per heavy atom. The topological polar surface area (TPSA) is 56.1 Å². The van der Waals surface area contributed by atoms with E-state index in [2.05, 4.69) is 60.5 Å². The van der Waals surface area contributed by atoms with Crippen molar-refractivity contribution in [2.24, 2.45) is 5.92 Å². The first-order valence-electron chi connectivity index (χ1n) is 13.1. The number of hydrogen-bond acceptors (Lipinski definition) is 3. The van der Waals surface area contributed by atoms with Gasteiger partial charge in [-0.1, -0.05) is 63.4 Å². The monoisotopic (exact) mass is 457 g/mol. The van der Waals surface area contributed by atoms with Gasteiger partial charge in [0.1, 0.15) is 0 Å². The van der Waals surface area contributed by atoms with Crippen LogP contribution in [0.1, 0.15) is 80.2 Å². The van der Waals surface area contributed by atoms with Crippen LogP contribution in [0.4, 0.5) is 0 Å². The second-order valence-corrected chi connectivity index (χ2v) is 10.9. The van der Waals surface area contributed by atoms with Gasteiger partial charge < -0.3 is 5.32 Å². The molecular formula is C30H39N3O. The average Bonchev–Trinajstić information content (AvgIpc) is 2.84. The minimum Gasteiger partial charge on any atom is -0.350 e. The highest BCUT2D eigenvalue weighted by molar-refractivity contribution is 5.79. The minimum atomic E-state index is -0.0716. The van der Waals surface area contributed by atoms with Crippen LogP contribution in [0.25, 0.3) is 0 Å². The second kappa shape index (κ2) is 11.2. The lowest BCUT2D eigenvalue weighted by molar-refractivity contribution is -0.123. The average molecular weight is 458 g/mol. The van der Waals surface area contributed by atoms with Crippen molar-refractivity contribution in [2.75, 3.05) is 13.1 Å². The van der Waals surface area contributed by atoms with E-state index in [1.165, 1.54) is 36.0 Å². The smallest absolute Gasteiger partial charge is 0.224 e. The summed E-state index contributed by atoms with van der Waals surface area (Å²) >= 11 is 0. The number of carbonyl (C=O) groups is 1. The summed E-state index contributed by atoms with van der Waals surface area (Å²) in [5.41, 5.74) is 5.78. The summed E-state index contributed by atoms with van der Waals surface area (Å²) in [6, 6.07) is 16.9. The van der Waals surface area contributed by atoms with E-state index in [0.29, 0.717) is 12.3 Å². The van der Waals surface area contributed by atoms with Crippen LogP contribution in [0, 0.1) is 17.2 Å². The summed E-state index contributed by atoms with van der Waals surface area (Å²) in [6.45, 7) is 7.43. The number of carbonyl (C=O) groups excluding carboxylic acids is 1. The van der Waals surface area contributed by atoms with E-state index in [-0.39, 0.29) is 11.4 Å². The lowest BCUT2D eigenvalue weighted by Crippen LogP contribution is -2.52. The molecule has 4 rings (SSSR count). The summed E-state index contributed by atoms with van der Waals surface area (Å²) in [4.78, 5) is 15.6. The highest BCUT2D eigenvalue weighted by Crippen LogP contribution is 2.32. The Bertz CT molecular complexity index is 1010. The van der Waals surface area contributed by atoms with Crippen molar-refractivity contribution in [1.29, 1.82) is 5.26 Å². The molecule has 0 saturated heterocycles. The predicted molar refractivity (Wildman–Crippen MR) is 137 cm³/mol. The molecule has 34 heavy (non-hydrogen) atoms. The molecular weight excluding hydrogens is 418 g/mol. The fourth-order valence-corrected chi connectivity index (χ4v) is 5.70. The van der Waals surface area contributed by atoms with Gasteiger partial charge in [-0.2, -0.15) is 5.26 Å². The third-order valence-corrected chi connectivity index (χ3v) is 7.58. The van der Waals surface area contributed by atoms with Crippen molar-refractivity contribution in [2.45, 2.75) is 83.7 Å². The number of amides is 1.